The normalized spacial score (nSPS) is 15.8. The van der Waals surface area contributed by atoms with Crippen LogP contribution in [0.1, 0.15) is 30.4 Å². The lowest BCUT2D eigenvalue weighted by Gasteiger charge is -2.31. The number of piperidine rings is 1. The Bertz CT molecular complexity index is 551. The number of carboxylic acid groups (broad SMARTS) is 1. The van der Waals surface area contributed by atoms with Gasteiger partial charge in [0.15, 0.2) is 0 Å². The Morgan fingerprint density at radius 2 is 1.95 bits per heavy atom. The smallest absolute Gasteiger partial charge is 0.303 e. The van der Waals surface area contributed by atoms with E-state index in [1.807, 2.05) is 4.90 Å². The van der Waals surface area contributed by atoms with Gasteiger partial charge < -0.3 is 10.0 Å². The van der Waals surface area contributed by atoms with E-state index in [1.165, 1.54) is 11.1 Å². The number of aryl methyl sites for hydroxylation is 2. The number of carbonyl (C=O) groups excluding carboxylic acids is 1. The third kappa shape index (κ3) is 4.77. The van der Waals surface area contributed by atoms with Crippen molar-refractivity contribution in [1.82, 2.24) is 4.90 Å². The van der Waals surface area contributed by atoms with Crippen molar-refractivity contribution in [2.24, 2.45) is 5.92 Å². The molecule has 2 rings (SSSR count). The van der Waals surface area contributed by atoms with E-state index in [-0.39, 0.29) is 18.2 Å². The van der Waals surface area contributed by atoms with E-state index < -0.39 is 5.97 Å². The summed E-state index contributed by atoms with van der Waals surface area (Å²) in [5.41, 5.74) is 2.40. The van der Waals surface area contributed by atoms with Crippen LogP contribution in [-0.2, 0) is 9.59 Å². The lowest BCUT2D eigenvalue weighted by Crippen LogP contribution is -2.39. The second-order valence-electron chi connectivity index (χ2n) is 5.98. The van der Waals surface area contributed by atoms with Crippen LogP contribution in [0.5, 0.6) is 0 Å². The molecule has 0 aliphatic carbocycles. The second kappa shape index (κ2) is 7.68. The van der Waals surface area contributed by atoms with E-state index in [2.05, 4.69) is 32.0 Å². The van der Waals surface area contributed by atoms with E-state index in [0.29, 0.717) is 18.8 Å². The number of amides is 1. The molecule has 0 aromatic heterocycles. The van der Waals surface area contributed by atoms with Crippen molar-refractivity contribution in [2.45, 2.75) is 38.0 Å². The van der Waals surface area contributed by atoms with Gasteiger partial charge in [-0.2, -0.15) is 0 Å². The van der Waals surface area contributed by atoms with Gasteiger partial charge in [0.2, 0.25) is 5.91 Å². The lowest BCUT2D eigenvalue weighted by molar-refractivity contribution is -0.138. The van der Waals surface area contributed by atoms with Crippen LogP contribution in [0.3, 0.4) is 0 Å². The van der Waals surface area contributed by atoms with Crippen molar-refractivity contribution in [1.29, 1.82) is 0 Å². The van der Waals surface area contributed by atoms with Crippen LogP contribution in [0.4, 0.5) is 0 Å². The minimum Gasteiger partial charge on any atom is -0.481 e. The highest BCUT2D eigenvalue weighted by molar-refractivity contribution is 8.00. The van der Waals surface area contributed by atoms with Crippen LogP contribution in [0.15, 0.2) is 23.1 Å². The van der Waals surface area contributed by atoms with Gasteiger partial charge in [0.05, 0.1) is 5.75 Å². The summed E-state index contributed by atoms with van der Waals surface area (Å²) in [7, 11) is 0. The number of likely N-dealkylation sites (tertiary alicyclic amines) is 1. The molecular weight excluding hydrogens is 298 g/mol. The average molecular weight is 321 g/mol. The first kappa shape index (κ1) is 16.9. The zero-order chi connectivity index (χ0) is 16.1. The molecule has 1 N–H and O–H groups in total. The summed E-state index contributed by atoms with van der Waals surface area (Å²) in [6, 6.07) is 6.28. The van der Waals surface area contributed by atoms with E-state index in [4.69, 9.17) is 5.11 Å². The van der Waals surface area contributed by atoms with Crippen molar-refractivity contribution in [2.75, 3.05) is 18.8 Å². The third-order valence-electron chi connectivity index (χ3n) is 4.13. The lowest BCUT2D eigenvalue weighted by atomic mass is 9.94. The third-order valence-corrected chi connectivity index (χ3v) is 5.27. The minimum absolute atomic E-state index is 0.152. The first-order valence-corrected chi connectivity index (χ1v) is 8.64. The van der Waals surface area contributed by atoms with Gasteiger partial charge in [-0.3, -0.25) is 9.59 Å². The van der Waals surface area contributed by atoms with E-state index in [0.717, 1.165) is 17.7 Å². The summed E-state index contributed by atoms with van der Waals surface area (Å²) in [5, 5.41) is 8.82. The summed E-state index contributed by atoms with van der Waals surface area (Å²) in [4.78, 5) is 26.0. The number of carbonyl (C=O) groups is 2. The van der Waals surface area contributed by atoms with Gasteiger partial charge in [0.1, 0.15) is 0 Å². The molecule has 0 unspecified atom stereocenters. The zero-order valence-corrected chi connectivity index (χ0v) is 14.0. The van der Waals surface area contributed by atoms with Crippen molar-refractivity contribution < 1.29 is 14.7 Å². The first-order valence-electron chi connectivity index (χ1n) is 7.65. The van der Waals surface area contributed by atoms with Gasteiger partial charge in [-0.05, 0) is 44.2 Å². The number of nitrogens with zero attached hydrogens (tertiary/aromatic N) is 1. The fourth-order valence-electron chi connectivity index (χ4n) is 2.73. The maximum Gasteiger partial charge on any atom is 0.303 e. The van der Waals surface area contributed by atoms with Gasteiger partial charge in [0.25, 0.3) is 0 Å². The molecule has 5 heteroatoms. The van der Waals surface area contributed by atoms with Crippen LogP contribution in [0.2, 0.25) is 0 Å². The maximum atomic E-state index is 12.3. The molecule has 0 atom stereocenters. The van der Waals surface area contributed by atoms with Crippen LogP contribution in [-0.4, -0.2) is 40.7 Å². The summed E-state index contributed by atoms with van der Waals surface area (Å²) >= 11 is 1.59. The monoisotopic (exact) mass is 321 g/mol. The molecule has 0 bridgehead atoms. The maximum absolute atomic E-state index is 12.3. The Morgan fingerprint density at radius 3 is 2.59 bits per heavy atom. The highest BCUT2D eigenvalue weighted by atomic mass is 32.2. The Labute approximate surface area is 135 Å². The van der Waals surface area contributed by atoms with Gasteiger partial charge >= 0.3 is 5.97 Å². The molecule has 0 spiro atoms. The Hall–Kier alpha value is -1.49. The highest BCUT2D eigenvalue weighted by Gasteiger charge is 2.24. The molecule has 120 valence electrons. The van der Waals surface area contributed by atoms with Crippen molar-refractivity contribution >= 4 is 23.6 Å². The summed E-state index contributed by atoms with van der Waals surface area (Å²) in [6.07, 6.45) is 1.82. The van der Waals surface area contributed by atoms with Crippen molar-refractivity contribution in [3.8, 4) is 0 Å². The average Bonchev–Trinajstić information content (AvgIpc) is 2.48. The first-order chi connectivity index (χ1) is 10.5. The van der Waals surface area contributed by atoms with Crippen LogP contribution in [0, 0.1) is 19.8 Å². The summed E-state index contributed by atoms with van der Waals surface area (Å²) in [6.45, 7) is 5.48. The van der Waals surface area contributed by atoms with Crippen molar-refractivity contribution in [3.63, 3.8) is 0 Å². The number of benzene rings is 1. The number of rotatable bonds is 5. The molecule has 1 amide bonds. The molecule has 1 saturated heterocycles. The molecule has 1 heterocycles. The van der Waals surface area contributed by atoms with Crippen molar-refractivity contribution in [3.05, 3.63) is 29.3 Å². The fourth-order valence-corrected chi connectivity index (χ4v) is 3.75. The molecule has 1 fully saturated rings. The molecule has 0 radical (unpaired) electrons. The number of hydrogen-bond donors (Lipinski definition) is 1. The SMILES string of the molecule is Cc1ccc(C)c(SCC(=O)N2CCC(CC(=O)O)CC2)c1. The predicted octanol–water partition coefficient (Wildman–Crippen LogP) is 3.11. The Kier molecular flexibility index (Phi) is 5.89. The second-order valence-corrected chi connectivity index (χ2v) is 7.00. The zero-order valence-electron chi connectivity index (χ0n) is 13.2. The highest BCUT2D eigenvalue weighted by Crippen LogP contribution is 2.25. The Balaban J connectivity index is 1.81. The molecular formula is C17H23NO3S. The molecule has 1 aromatic carbocycles. The molecule has 0 saturated carbocycles. The van der Waals surface area contributed by atoms with E-state index >= 15 is 0 Å². The number of hydrogen-bond acceptors (Lipinski definition) is 3. The quantitative estimate of drug-likeness (QED) is 0.847. The van der Waals surface area contributed by atoms with Crippen LogP contribution < -0.4 is 0 Å². The van der Waals surface area contributed by atoms with Gasteiger partial charge in [0, 0.05) is 24.4 Å². The number of aliphatic carboxylic acids is 1. The molecule has 1 aliphatic heterocycles. The topological polar surface area (TPSA) is 57.6 Å². The molecule has 1 aliphatic rings. The molecule has 1 aromatic rings. The van der Waals surface area contributed by atoms with Crippen LogP contribution in [0.25, 0.3) is 0 Å². The van der Waals surface area contributed by atoms with Gasteiger partial charge in [-0.15, -0.1) is 11.8 Å². The van der Waals surface area contributed by atoms with E-state index in [9.17, 15) is 9.59 Å². The predicted molar refractivity (Wildman–Crippen MR) is 88.2 cm³/mol. The summed E-state index contributed by atoms with van der Waals surface area (Å²) in [5.74, 6) is 0.0802. The number of thioether (sulfide) groups is 1. The number of carboxylic acids is 1. The minimum atomic E-state index is -0.741. The van der Waals surface area contributed by atoms with Crippen LogP contribution >= 0.6 is 11.8 Å². The largest absolute Gasteiger partial charge is 0.481 e. The fraction of sp³-hybridized carbons (Fsp3) is 0.529. The van der Waals surface area contributed by atoms with Gasteiger partial charge in [-0.25, -0.2) is 0 Å². The van der Waals surface area contributed by atoms with E-state index in [1.54, 1.807) is 11.8 Å². The molecule has 4 nitrogen and oxygen atoms in total. The Morgan fingerprint density at radius 1 is 1.27 bits per heavy atom. The summed E-state index contributed by atoms with van der Waals surface area (Å²) < 4.78 is 0. The molecule has 22 heavy (non-hydrogen) atoms. The standard InChI is InChI=1S/C17H23NO3S/c1-12-3-4-13(2)15(9-12)22-11-16(19)18-7-5-14(6-8-18)10-17(20)21/h3-4,9,14H,5-8,10-11H2,1-2H3,(H,20,21). The van der Waals surface area contributed by atoms with Gasteiger partial charge in [-0.1, -0.05) is 17.7 Å².